The zero-order chi connectivity index (χ0) is 11.8. The number of nitrogens with two attached hydrogens (primary N) is 1. The van der Waals surface area contributed by atoms with Crippen LogP contribution in [0.25, 0.3) is 17.1 Å². The number of benzene rings is 1. The maximum absolute atomic E-state index is 5.70. The van der Waals surface area contributed by atoms with E-state index in [1.807, 2.05) is 29.8 Å². The molecule has 0 fully saturated rings. The van der Waals surface area contributed by atoms with E-state index in [0.29, 0.717) is 17.3 Å². The third kappa shape index (κ3) is 1.56. The number of aromatic nitrogens is 3. The molecule has 0 radical (unpaired) electrons. The average Bonchev–Trinajstić information content (AvgIpc) is 2.93. The van der Waals surface area contributed by atoms with Crippen LogP contribution >= 0.6 is 0 Å². The van der Waals surface area contributed by atoms with E-state index in [1.165, 1.54) is 0 Å². The summed E-state index contributed by atoms with van der Waals surface area (Å²) in [6, 6.07) is 5.96. The quantitative estimate of drug-likeness (QED) is 0.682. The van der Waals surface area contributed by atoms with Crippen molar-refractivity contribution in [1.82, 2.24) is 14.5 Å². The van der Waals surface area contributed by atoms with Crippen LogP contribution in [0.2, 0.25) is 0 Å². The lowest BCUT2D eigenvalue weighted by Gasteiger charge is -1.98. The van der Waals surface area contributed by atoms with E-state index in [0.717, 1.165) is 17.8 Å². The van der Waals surface area contributed by atoms with E-state index < -0.39 is 0 Å². The van der Waals surface area contributed by atoms with Gasteiger partial charge in [0.05, 0.1) is 0 Å². The Labute approximate surface area is 97.9 Å². The van der Waals surface area contributed by atoms with Crippen LogP contribution in [0.5, 0.6) is 0 Å². The van der Waals surface area contributed by atoms with Crippen LogP contribution in [0.3, 0.4) is 0 Å². The number of aryl methyl sites for hydroxylation is 1. The van der Waals surface area contributed by atoms with Crippen LogP contribution in [0.4, 0.5) is 5.69 Å². The van der Waals surface area contributed by atoms with Gasteiger partial charge in [-0.05, 0) is 12.1 Å². The summed E-state index contributed by atoms with van der Waals surface area (Å²) in [5.41, 5.74) is 7.86. The summed E-state index contributed by atoms with van der Waals surface area (Å²) in [6.45, 7) is 2.04. The molecule has 5 nitrogen and oxygen atoms in total. The molecule has 86 valence electrons. The van der Waals surface area contributed by atoms with Gasteiger partial charge in [0, 0.05) is 30.6 Å². The van der Waals surface area contributed by atoms with Crippen LogP contribution in [-0.2, 0) is 6.42 Å². The standard InChI is InChI=1S/C12H12N4O/c1-2-11-14-5-6-16(11)12-15-9-4-3-8(13)7-10(9)17-12/h3-7H,2,13H2,1H3. The van der Waals surface area contributed by atoms with Crippen LogP contribution in [0, 0.1) is 0 Å². The van der Waals surface area contributed by atoms with Crippen molar-refractivity contribution in [3.63, 3.8) is 0 Å². The Balaban J connectivity index is 2.18. The maximum atomic E-state index is 5.70. The number of rotatable bonds is 2. The monoisotopic (exact) mass is 228 g/mol. The Kier molecular flexibility index (Phi) is 2.11. The first-order chi connectivity index (χ1) is 8.28. The molecule has 0 aliphatic carbocycles. The highest BCUT2D eigenvalue weighted by atomic mass is 16.4. The first-order valence-corrected chi connectivity index (χ1v) is 5.46. The van der Waals surface area contributed by atoms with Gasteiger partial charge in [0.15, 0.2) is 5.58 Å². The van der Waals surface area contributed by atoms with Crippen LogP contribution in [0.15, 0.2) is 35.0 Å². The second kappa shape index (κ2) is 3.62. The molecule has 0 aliphatic rings. The Hall–Kier alpha value is -2.30. The third-order valence-electron chi connectivity index (χ3n) is 2.64. The minimum absolute atomic E-state index is 0.528. The van der Waals surface area contributed by atoms with Crippen molar-refractivity contribution in [2.75, 3.05) is 5.73 Å². The molecule has 0 unspecified atom stereocenters. The Morgan fingerprint density at radius 3 is 3.12 bits per heavy atom. The molecule has 3 aromatic rings. The number of fused-ring (bicyclic) bond motifs is 1. The highest BCUT2D eigenvalue weighted by molar-refractivity contribution is 5.77. The van der Waals surface area contributed by atoms with Gasteiger partial charge >= 0.3 is 6.01 Å². The highest BCUT2D eigenvalue weighted by Gasteiger charge is 2.10. The Morgan fingerprint density at radius 1 is 1.41 bits per heavy atom. The fraction of sp³-hybridized carbons (Fsp3) is 0.167. The number of hydrogen-bond acceptors (Lipinski definition) is 4. The summed E-state index contributed by atoms with van der Waals surface area (Å²) < 4.78 is 7.51. The Morgan fingerprint density at radius 2 is 2.29 bits per heavy atom. The minimum Gasteiger partial charge on any atom is -0.423 e. The van der Waals surface area contributed by atoms with E-state index in [9.17, 15) is 0 Å². The van der Waals surface area contributed by atoms with Gasteiger partial charge in [-0.2, -0.15) is 4.98 Å². The number of nitrogen functional groups attached to an aromatic ring is 1. The average molecular weight is 228 g/mol. The lowest BCUT2D eigenvalue weighted by atomic mass is 10.3. The number of hydrogen-bond donors (Lipinski definition) is 1. The van der Waals surface area contributed by atoms with Gasteiger partial charge in [0.2, 0.25) is 0 Å². The molecule has 0 bridgehead atoms. The molecule has 0 saturated heterocycles. The molecule has 0 aliphatic heterocycles. The normalized spacial score (nSPS) is 11.1. The molecule has 1 aromatic carbocycles. The summed E-state index contributed by atoms with van der Waals surface area (Å²) >= 11 is 0. The molecule has 2 N–H and O–H groups in total. The van der Waals surface area contributed by atoms with Crippen molar-refractivity contribution in [1.29, 1.82) is 0 Å². The largest absolute Gasteiger partial charge is 0.423 e. The predicted molar refractivity (Wildman–Crippen MR) is 64.9 cm³/mol. The SMILES string of the molecule is CCc1nccn1-c1nc2ccc(N)cc2o1. The second-order valence-corrected chi connectivity index (χ2v) is 3.79. The van der Waals surface area contributed by atoms with Crippen molar-refractivity contribution in [3.8, 4) is 6.01 Å². The molecule has 3 rings (SSSR count). The molecular formula is C12H12N4O. The van der Waals surface area contributed by atoms with Gasteiger partial charge < -0.3 is 10.2 Å². The summed E-state index contributed by atoms with van der Waals surface area (Å²) in [7, 11) is 0. The van der Waals surface area contributed by atoms with Crippen molar-refractivity contribution in [3.05, 3.63) is 36.4 Å². The molecule has 0 saturated carbocycles. The third-order valence-corrected chi connectivity index (χ3v) is 2.64. The molecule has 2 heterocycles. The van der Waals surface area contributed by atoms with Gasteiger partial charge in [-0.3, -0.25) is 4.57 Å². The topological polar surface area (TPSA) is 69.9 Å². The second-order valence-electron chi connectivity index (χ2n) is 3.79. The fourth-order valence-corrected chi connectivity index (χ4v) is 1.80. The number of oxazole rings is 1. The van der Waals surface area contributed by atoms with Crippen molar-refractivity contribution in [2.45, 2.75) is 13.3 Å². The summed E-state index contributed by atoms with van der Waals surface area (Å²) in [6.07, 6.45) is 4.41. The van der Waals surface area contributed by atoms with Crippen LogP contribution in [0.1, 0.15) is 12.7 Å². The van der Waals surface area contributed by atoms with Crippen molar-refractivity contribution >= 4 is 16.8 Å². The van der Waals surface area contributed by atoms with Gasteiger partial charge in [-0.25, -0.2) is 4.98 Å². The molecule has 2 aromatic heterocycles. The molecule has 0 spiro atoms. The summed E-state index contributed by atoms with van der Waals surface area (Å²) in [5, 5.41) is 0. The number of imidazole rings is 1. The first kappa shape index (κ1) is 9.89. The predicted octanol–water partition coefficient (Wildman–Crippen LogP) is 2.16. The maximum Gasteiger partial charge on any atom is 0.308 e. The molecule has 0 amide bonds. The zero-order valence-electron chi connectivity index (χ0n) is 9.42. The lowest BCUT2D eigenvalue weighted by molar-refractivity contribution is 0.556. The van der Waals surface area contributed by atoms with E-state index in [4.69, 9.17) is 10.2 Å². The molecule has 5 heteroatoms. The molecule has 0 atom stereocenters. The van der Waals surface area contributed by atoms with Crippen LogP contribution < -0.4 is 5.73 Å². The minimum atomic E-state index is 0.528. The van der Waals surface area contributed by atoms with Crippen molar-refractivity contribution < 1.29 is 4.42 Å². The number of anilines is 1. The summed E-state index contributed by atoms with van der Waals surface area (Å²) in [5.74, 6) is 0.921. The smallest absolute Gasteiger partial charge is 0.308 e. The van der Waals surface area contributed by atoms with E-state index in [1.54, 1.807) is 12.3 Å². The van der Waals surface area contributed by atoms with E-state index in [2.05, 4.69) is 9.97 Å². The molecular weight excluding hydrogens is 216 g/mol. The van der Waals surface area contributed by atoms with Gasteiger partial charge in [0.25, 0.3) is 0 Å². The van der Waals surface area contributed by atoms with Gasteiger partial charge in [-0.1, -0.05) is 6.92 Å². The van der Waals surface area contributed by atoms with Crippen LogP contribution in [-0.4, -0.2) is 14.5 Å². The zero-order valence-corrected chi connectivity index (χ0v) is 9.42. The van der Waals surface area contributed by atoms with Gasteiger partial charge in [-0.15, -0.1) is 0 Å². The first-order valence-electron chi connectivity index (χ1n) is 5.46. The van der Waals surface area contributed by atoms with Gasteiger partial charge in [0.1, 0.15) is 11.3 Å². The summed E-state index contributed by atoms with van der Waals surface area (Å²) in [4.78, 5) is 8.64. The lowest BCUT2D eigenvalue weighted by Crippen LogP contribution is -1.98. The number of nitrogens with zero attached hydrogens (tertiary/aromatic N) is 3. The highest BCUT2D eigenvalue weighted by Crippen LogP contribution is 2.21. The Bertz CT molecular complexity index is 668. The van der Waals surface area contributed by atoms with Crippen molar-refractivity contribution in [2.24, 2.45) is 0 Å². The fourth-order valence-electron chi connectivity index (χ4n) is 1.80. The van der Waals surface area contributed by atoms with E-state index in [-0.39, 0.29) is 0 Å². The van der Waals surface area contributed by atoms with E-state index >= 15 is 0 Å². The molecule has 17 heavy (non-hydrogen) atoms.